The molecule has 1 aromatic carbocycles. The Bertz CT molecular complexity index is 781. The average Bonchev–Trinajstić information content (AvgIpc) is 2.98. The first kappa shape index (κ1) is 15.7. The van der Waals surface area contributed by atoms with Crippen LogP contribution in [0, 0.1) is 5.92 Å². The molecule has 2 aromatic rings. The molecule has 1 aliphatic heterocycles. The summed E-state index contributed by atoms with van der Waals surface area (Å²) in [6, 6.07) is 8.67. The largest absolute Gasteiger partial charge is 0.451 e. The normalized spacial score (nSPS) is 21.3. The van der Waals surface area contributed by atoms with Crippen molar-refractivity contribution >= 4 is 16.9 Å². The molecule has 122 valence electrons. The van der Waals surface area contributed by atoms with Crippen LogP contribution in [0.25, 0.3) is 11.0 Å². The molecule has 0 radical (unpaired) electrons. The van der Waals surface area contributed by atoms with Crippen molar-refractivity contribution in [3.63, 3.8) is 0 Å². The molecule has 1 aliphatic rings. The van der Waals surface area contributed by atoms with Crippen LogP contribution in [0.4, 0.5) is 0 Å². The van der Waals surface area contributed by atoms with Crippen LogP contribution in [-0.2, 0) is 0 Å². The lowest BCUT2D eigenvalue weighted by Crippen LogP contribution is -2.36. The zero-order valence-electron chi connectivity index (χ0n) is 13.8. The van der Waals surface area contributed by atoms with E-state index in [1.807, 2.05) is 14.1 Å². The van der Waals surface area contributed by atoms with Gasteiger partial charge in [0.05, 0.1) is 5.39 Å². The Balaban J connectivity index is 1.91. The van der Waals surface area contributed by atoms with Crippen molar-refractivity contribution in [2.45, 2.75) is 19.4 Å². The van der Waals surface area contributed by atoms with Gasteiger partial charge in [0.25, 0.3) is 5.91 Å². The second-order valence-electron chi connectivity index (χ2n) is 6.38. The third kappa shape index (κ3) is 2.88. The van der Waals surface area contributed by atoms with Crippen LogP contribution in [0.2, 0.25) is 0 Å². The lowest BCUT2D eigenvalue weighted by molar-refractivity contribution is 0.0750. The van der Waals surface area contributed by atoms with Gasteiger partial charge in [-0.25, -0.2) is 0 Å². The first-order valence-corrected chi connectivity index (χ1v) is 8.00. The van der Waals surface area contributed by atoms with Gasteiger partial charge in [-0.15, -0.1) is 0 Å². The van der Waals surface area contributed by atoms with Gasteiger partial charge >= 0.3 is 0 Å². The summed E-state index contributed by atoms with van der Waals surface area (Å²) in [5.41, 5.74) is 0.282. The summed E-state index contributed by atoms with van der Waals surface area (Å²) in [5, 5.41) is 0.503. The summed E-state index contributed by atoms with van der Waals surface area (Å²) in [4.78, 5) is 28.9. The molecule has 2 heterocycles. The lowest BCUT2D eigenvalue weighted by Gasteiger charge is -2.23. The van der Waals surface area contributed by atoms with E-state index in [2.05, 4.69) is 11.8 Å². The minimum atomic E-state index is -0.198. The fourth-order valence-electron chi connectivity index (χ4n) is 3.37. The number of nitrogens with zero attached hydrogens (tertiary/aromatic N) is 2. The third-order valence-electron chi connectivity index (χ3n) is 4.73. The topological polar surface area (TPSA) is 53.8 Å². The van der Waals surface area contributed by atoms with E-state index in [0.29, 0.717) is 36.0 Å². The van der Waals surface area contributed by atoms with Crippen LogP contribution in [0.5, 0.6) is 0 Å². The van der Waals surface area contributed by atoms with Crippen molar-refractivity contribution in [3.8, 4) is 0 Å². The second-order valence-corrected chi connectivity index (χ2v) is 6.38. The van der Waals surface area contributed by atoms with Gasteiger partial charge < -0.3 is 14.2 Å². The Morgan fingerprint density at radius 2 is 2.04 bits per heavy atom. The summed E-state index contributed by atoms with van der Waals surface area (Å²) in [5.74, 6) is 0.375. The number of likely N-dealkylation sites (N-methyl/N-ethyl adjacent to an activating group) is 1. The Hall–Kier alpha value is -2.14. The SMILES string of the molecule is CC[C@@H]1CN(C(=O)c2cc(=O)c3ccccc3o2)C[C@H]1N(C)C. The zero-order chi connectivity index (χ0) is 16.6. The fourth-order valence-corrected chi connectivity index (χ4v) is 3.37. The van der Waals surface area contributed by atoms with E-state index in [4.69, 9.17) is 4.42 Å². The number of hydrogen-bond acceptors (Lipinski definition) is 4. The average molecular weight is 314 g/mol. The fraction of sp³-hybridized carbons (Fsp3) is 0.444. The van der Waals surface area contributed by atoms with Crippen LogP contribution in [-0.4, -0.2) is 48.9 Å². The molecule has 0 unspecified atom stereocenters. The van der Waals surface area contributed by atoms with Crippen molar-refractivity contribution in [1.29, 1.82) is 0 Å². The molecule has 0 saturated carbocycles. The maximum Gasteiger partial charge on any atom is 0.289 e. The Labute approximate surface area is 135 Å². The van der Waals surface area contributed by atoms with E-state index in [0.717, 1.165) is 6.42 Å². The molecule has 1 fully saturated rings. The van der Waals surface area contributed by atoms with E-state index in [1.54, 1.807) is 29.2 Å². The van der Waals surface area contributed by atoms with Crippen LogP contribution in [0.1, 0.15) is 23.9 Å². The van der Waals surface area contributed by atoms with Crippen molar-refractivity contribution in [3.05, 3.63) is 46.3 Å². The second kappa shape index (κ2) is 6.16. The smallest absolute Gasteiger partial charge is 0.289 e. The van der Waals surface area contributed by atoms with E-state index in [-0.39, 0.29) is 17.1 Å². The standard InChI is InChI=1S/C18H22N2O3/c1-4-12-10-20(11-14(12)19(2)3)18(22)17-9-15(21)13-7-5-6-8-16(13)23-17/h5-9,12,14H,4,10-11H2,1-3H3/t12-,14-/m1/s1. The van der Waals surface area contributed by atoms with Crippen LogP contribution < -0.4 is 5.43 Å². The van der Waals surface area contributed by atoms with Gasteiger partial charge in [-0.2, -0.15) is 0 Å². The van der Waals surface area contributed by atoms with E-state index < -0.39 is 0 Å². The quantitative estimate of drug-likeness (QED) is 0.871. The van der Waals surface area contributed by atoms with Crippen molar-refractivity contribution in [1.82, 2.24) is 9.80 Å². The van der Waals surface area contributed by atoms with E-state index in [9.17, 15) is 9.59 Å². The van der Waals surface area contributed by atoms with Crippen LogP contribution in [0.15, 0.2) is 39.5 Å². The first-order valence-electron chi connectivity index (χ1n) is 8.00. The number of hydrogen-bond donors (Lipinski definition) is 0. The number of likely N-dealkylation sites (tertiary alicyclic amines) is 1. The Kier molecular flexibility index (Phi) is 4.22. The molecule has 0 spiro atoms. The van der Waals surface area contributed by atoms with Crippen molar-refractivity contribution < 1.29 is 9.21 Å². The number of amides is 1. The van der Waals surface area contributed by atoms with Gasteiger partial charge in [0.2, 0.25) is 0 Å². The van der Waals surface area contributed by atoms with Gasteiger partial charge in [-0.3, -0.25) is 9.59 Å². The molecule has 5 nitrogen and oxygen atoms in total. The molecule has 0 bridgehead atoms. The number of fused-ring (bicyclic) bond motifs is 1. The molecule has 1 saturated heterocycles. The van der Waals surface area contributed by atoms with Crippen molar-refractivity contribution in [2.75, 3.05) is 27.2 Å². The molecule has 0 N–H and O–H groups in total. The minimum absolute atomic E-state index is 0.128. The van der Waals surface area contributed by atoms with Gasteiger partial charge in [0.1, 0.15) is 5.58 Å². The highest BCUT2D eigenvalue weighted by molar-refractivity contribution is 5.93. The highest BCUT2D eigenvalue weighted by Crippen LogP contribution is 2.25. The molecule has 1 aromatic heterocycles. The van der Waals surface area contributed by atoms with Gasteiger partial charge in [-0.1, -0.05) is 25.5 Å². The summed E-state index contributed by atoms with van der Waals surface area (Å²) in [7, 11) is 4.08. The van der Waals surface area contributed by atoms with Crippen LogP contribution in [0.3, 0.4) is 0 Å². The first-order chi connectivity index (χ1) is 11.0. The highest BCUT2D eigenvalue weighted by atomic mass is 16.3. The maximum atomic E-state index is 12.7. The highest BCUT2D eigenvalue weighted by Gasteiger charge is 2.36. The number of benzene rings is 1. The predicted octanol–water partition coefficient (Wildman–Crippen LogP) is 2.21. The monoisotopic (exact) mass is 314 g/mol. The predicted molar refractivity (Wildman–Crippen MR) is 89.6 cm³/mol. The number of carbonyl (C=O) groups is 1. The molecule has 23 heavy (non-hydrogen) atoms. The van der Waals surface area contributed by atoms with E-state index >= 15 is 0 Å². The molecule has 5 heteroatoms. The van der Waals surface area contributed by atoms with Crippen LogP contribution >= 0.6 is 0 Å². The van der Waals surface area contributed by atoms with Gasteiger partial charge in [0.15, 0.2) is 11.2 Å². The summed E-state index contributed by atoms with van der Waals surface area (Å²) >= 11 is 0. The zero-order valence-corrected chi connectivity index (χ0v) is 13.8. The van der Waals surface area contributed by atoms with Gasteiger partial charge in [-0.05, 0) is 32.1 Å². The maximum absolute atomic E-state index is 12.7. The summed E-state index contributed by atoms with van der Waals surface area (Å²) in [6.45, 7) is 3.51. The summed E-state index contributed by atoms with van der Waals surface area (Å²) in [6.07, 6.45) is 1.02. The third-order valence-corrected chi connectivity index (χ3v) is 4.73. The minimum Gasteiger partial charge on any atom is -0.451 e. The molecule has 0 aliphatic carbocycles. The molecule has 1 amide bonds. The molecular formula is C18H22N2O3. The number of rotatable bonds is 3. The molecular weight excluding hydrogens is 292 g/mol. The van der Waals surface area contributed by atoms with E-state index in [1.165, 1.54) is 6.07 Å². The Morgan fingerprint density at radius 3 is 2.70 bits per heavy atom. The Morgan fingerprint density at radius 1 is 1.30 bits per heavy atom. The van der Waals surface area contributed by atoms with Crippen molar-refractivity contribution in [2.24, 2.45) is 5.92 Å². The number of para-hydroxylation sites is 1. The molecule has 2 atom stereocenters. The lowest BCUT2D eigenvalue weighted by atomic mass is 10.0. The number of carbonyl (C=O) groups excluding carboxylic acids is 1. The van der Waals surface area contributed by atoms with Gasteiger partial charge in [0, 0.05) is 25.2 Å². The molecule has 3 rings (SSSR count). The summed E-state index contributed by atoms with van der Waals surface area (Å²) < 4.78 is 5.68.